The van der Waals surface area contributed by atoms with Gasteiger partial charge in [0.05, 0.1) is 12.3 Å². The average Bonchev–Trinajstić information content (AvgIpc) is 3.03. The third-order valence-corrected chi connectivity index (χ3v) is 6.85. The number of piperidine rings is 1. The van der Waals surface area contributed by atoms with Crippen LogP contribution in [0.4, 0.5) is 5.69 Å². The van der Waals surface area contributed by atoms with Crippen LogP contribution in [0.15, 0.2) is 28.1 Å². The zero-order chi connectivity index (χ0) is 15.9. The van der Waals surface area contributed by atoms with Gasteiger partial charge in [-0.1, -0.05) is 12.1 Å². The maximum atomic E-state index is 13.1. The van der Waals surface area contributed by atoms with E-state index in [9.17, 15) is 8.42 Å². The largest absolute Gasteiger partial charge is 0.359 e. The van der Waals surface area contributed by atoms with Gasteiger partial charge in [-0.25, -0.2) is 8.42 Å². The number of nitrogens with zero attached hydrogens (tertiary/aromatic N) is 2. The van der Waals surface area contributed by atoms with Gasteiger partial charge in [0.1, 0.15) is 10.6 Å². The summed E-state index contributed by atoms with van der Waals surface area (Å²) in [5.74, 6) is 0. The van der Waals surface area contributed by atoms with Crippen molar-refractivity contribution in [1.82, 2.24) is 9.62 Å². The highest BCUT2D eigenvalue weighted by molar-refractivity contribution is 7.89. The summed E-state index contributed by atoms with van der Waals surface area (Å²) in [6.07, 6.45) is 4.90. The van der Waals surface area contributed by atoms with Gasteiger partial charge in [-0.2, -0.15) is 4.31 Å². The number of hydrogen-bond donors (Lipinski definition) is 1. The van der Waals surface area contributed by atoms with Crippen LogP contribution in [-0.4, -0.2) is 50.9 Å². The second-order valence-electron chi connectivity index (χ2n) is 6.29. The van der Waals surface area contributed by atoms with Crippen molar-refractivity contribution in [3.8, 4) is 0 Å². The van der Waals surface area contributed by atoms with E-state index in [-0.39, 0.29) is 5.72 Å². The first-order valence-electron chi connectivity index (χ1n) is 8.14. The van der Waals surface area contributed by atoms with E-state index in [1.165, 1.54) is 0 Å². The number of rotatable bonds is 2. The quantitative estimate of drug-likeness (QED) is 0.888. The fourth-order valence-electron chi connectivity index (χ4n) is 3.62. The molecular weight excluding hydrogens is 314 g/mol. The van der Waals surface area contributed by atoms with Crippen molar-refractivity contribution in [2.75, 3.05) is 26.2 Å². The van der Waals surface area contributed by atoms with Crippen molar-refractivity contribution in [3.63, 3.8) is 0 Å². The molecule has 3 aliphatic heterocycles. The minimum Gasteiger partial charge on any atom is -0.359 e. The van der Waals surface area contributed by atoms with E-state index in [1.807, 2.05) is 18.3 Å². The topological polar surface area (TPSA) is 71.0 Å². The standard InChI is InChI=1S/C16H21N3O3S/c20-23(21,14-5-1-3-13-4-2-8-17-15(13)14)19-10-6-16(7-11-19)18-9-12-22-16/h1,3,5,8,18H,2,4,6-7,9-12H2. The predicted molar refractivity (Wildman–Crippen MR) is 87.6 cm³/mol. The number of nitrogens with one attached hydrogen (secondary N) is 1. The molecule has 0 aliphatic carbocycles. The summed E-state index contributed by atoms with van der Waals surface area (Å²) in [6.45, 7) is 2.49. The van der Waals surface area contributed by atoms with Crippen molar-refractivity contribution in [3.05, 3.63) is 23.8 Å². The van der Waals surface area contributed by atoms with E-state index < -0.39 is 10.0 Å². The first-order chi connectivity index (χ1) is 11.1. The zero-order valence-electron chi connectivity index (χ0n) is 13.0. The number of aryl methyl sites for hydroxylation is 1. The van der Waals surface area contributed by atoms with Gasteiger partial charge < -0.3 is 4.74 Å². The number of sulfonamides is 1. The summed E-state index contributed by atoms with van der Waals surface area (Å²) in [5.41, 5.74) is 1.32. The molecule has 2 fully saturated rings. The van der Waals surface area contributed by atoms with E-state index in [0.717, 1.165) is 24.9 Å². The Morgan fingerprint density at radius 3 is 2.83 bits per heavy atom. The molecule has 1 spiro atoms. The van der Waals surface area contributed by atoms with Gasteiger partial charge in [0, 0.05) is 38.7 Å². The second kappa shape index (κ2) is 5.66. The number of benzene rings is 1. The lowest BCUT2D eigenvalue weighted by molar-refractivity contribution is -0.0445. The highest BCUT2D eigenvalue weighted by atomic mass is 32.2. The van der Waals surface area contributed by atoms with Gasteiger partial charge >= 0.3 is 0 Å². The van der Waals surface area contributed by atoms with Gasteiger partial charge in [-0.05, 0) is 24.5 Å². The number of fused-ring (bicyclic) bond motifs is 1. The van der Waals surface area contributed by atoms with Crippen LogP contribution in [0.2, 0.25) is 0 Å². The minimum atomic E-state index is -3.51. The lowest BCUT2D eigenvalue weighted by Gasteiger charge is -2.38. The zero-order valence-corrected chi connectivity index (χ0v) is 13.8. The van der Waals surface area contributed by atoms with Crippen LogP contribution in [0.5, 0.6) is 0 Å². The molecular formula is C16H21N3O3S. The molecule has 7 heteroatoms. The third kappa shape index (κ3) is 2.61. The van der Waals surface area contributed by atoms with Crippen molar-refractivity contribution in [2.45, 2.75) is 36.3 Å². The summed E-state index contributed by atoms with van der Waals surface area (Å²) in [7, 11) is -3.51. The molecule has 0 atom stereocenters. The Balaban J connectivity index is 1.61. The van der Waals surface area contributed by atoms with Crippen LogP contribution in [0, 0.1) is 0 Å². The summed E-state index contributed by atoms with van der Waals surface area (Å²) in [6, 6.07) is 5.46. The van der Waals surface area contributed by atoms with Crippen molar-refractivity contribution >= 4 is 21.9 Å². The normalized spacial score (nSPS) is 24.0. The van der Waals surface area contributed by atoms with Crippen LogP contribution in [-0.2, 0) is 21.2 Å². The maximum absolute atomic E-state index is 13.1. The molecule has 23 heavy (non-hydrogen) atoms. The summed E-state index contributed by atoms with van der Waals surface area (Å²) in [5, 5.41) is 3.37. The molecule has 6 nitrogen and oxygen atoms in total. The molecule has 0 unspecified atom stereocenters. The van der Waals surface area contributed by atoms with Crippen LogP contribution < -0.4 is 5.32 Å². The molecule has 124 valence electrons. The van der Waals surface area contributed by atoms with E-state index in [4.69, 9.17) is 4.74 Å². The first-order valence-corrected chi connectivity index (χ1v) is 9.58. The fourth-order valence-corrected chi connectivity index (χ4v) is 5.24. The molecule has 0 aromatic heterocycles. The highest BCUT2D eigenvalue weighted by Crippen LogP contribution is 2.35. The molecule has 2 saturated heterocycles. The lowest BCUT2D eigenvalue weighted by atomic mass is 10.0. The van der Waals surface area contributed by atoms with E-state index in [2.05, 4.69) is 10.3 Å². The van der Waals surface area contributed by atoms with Crippen LogP contribution >= 0.6 is 0 Å². The fraction of sp³-hybridized carbons (Fsp3) is 0.562. The number of hydrogen-bond acceptors (Lipinski definition) is 5. The van der Waals surface area contributed by atoms with Gasteiger partial charge in [0.25, 0.3) is 0 Å². The molecule has 4 rings (SSSR count). The summed E-state index contributed by atoms with van der Waals surface area (Å²) >= 11 is 0. The molecule has 0 radical (unpaired) electrons. The smallest absolute Gasteiger partial charge is 0.245 e. The molecule has 1 N–H and O–H groups in total. The van der Waals surface area contributed by atoms with Crippen molar-refractivity contribution in [2.24, 2.45) is 4.99 Å². The van der Waals surface area contributed by atoms with Gasteiger partial charge in [0.15, 0.2) is 0 Å². The molecule has 0 bridgehead atoms. The molecule has 3 aliphatic rings. The highest BCUT2D eigenvalue weighted by Gasteiger charge is 2.41. The van der Waals surface area contributed by atoms with E-state index in [0.29, 0.717) is 43.1 Å². The van der Waals surface area contributed by atoms with Crippen molar-refractivity contribution < 1.29 is 13.2 Å². The first kappa shape index (κ1) is 15.3. The van der Waals surface area contributed by atoms with Crippen LogP contribution in [0.25, 0.3) is 0 Å². The van der Waals surface area contributed by atoms with Gasteiger partial charge in [-0.3, -0.25) is 10.3 Å². The predicted octanol–water partition coefficient (Wildman–Crippen LogP) is 1.44. The Bertz CT molecular complexity index is 729. The monoisotopic (exact) mass is 335 g/mol. The van der Waals surface area contributed by atoms with Gasteiger partial charge in [0.2, 0.25) is 10.0 Å². The average molecular weight is 335 g/mol. The Hall–Kier alpha value is -1.28. The molecule has 1 aromatic carbocycles. The van der Waals surface area contributed by atoms with Gasteiger partial charge in [-0.15, -0.1) is 0 Å². The summed E-state index contributed by atoms with van der Waals surface area (Å²) in [4.78, 5) is 4.69. The number of aliphatic imine (C=N–C) groups is 1. The number of para-hydroxylation sites is 1. The SMILES string of the molecule is O=S(=O)(c1cccc2c1N=CCC2)N1CCC2(CC1)NCCO2. The number of ether oxygens (including phenoxy) is 1. The Kier molecular flexibility index (Phi) is 3.76. The third-order valence-electron chi connectivity index (χ3n) is 4.92. The molecule has 1 aromatic rings. The Labute approximate surface area is 136 Å². The second-order valence-corrected chi connectivity index (χ2v) is 8.19. The van der Waals surface area contributed by atoms with Crippen LogP contribution in [0.1, 0.15) is 24.8 Å². The lowest BCUT2D eigenvalue weighted by Crippen LogP contribution is -2.52. The Morgan fingerprint density at radius 1 is 1.26 bits per heavy atom. The van der Waals surface area contributed by atoms with E-state index in [1.54, 1.807) is 10.4 Å². The molecule has 3 heterocycles. The maximum Gasteiger partial charge on any atom is 0.245 e. The Morgan fingerprint density at radius 2 is 2.09 bits per heavy atom. The van der Waals surface area contributed by atoms with Crippen molar-refractivity contribution in [1.29, 1.82) is 0 Å². The van der Waals surface area contributed by atoms with E-state index >= 15 is 0 Å². The van der Waals surface area contributed by atoms with Crippen LogP contribution in [0.3, 0.4) is 0 Å². The molecule has 0 saturated carbocycles. The molecule has 0 amide bonds. The minimum absolute atomic E-state index is 0.319. The summed E-state index contributed by atoms with van der Waals surface area (Å²) < 4.78 is 33.5.